The number of nitrogens with zero attached hydrogens (tertiary/aromatic N) is 2. The van der Waals surface area contributed by atoms with Crippen LogP contribution in [0, 0.1) is 0 Å². The Kier molecular flexibility index (Phi) is 10.5. The lowest BCUT2D eigenvalue weighted by atomic mass is 9.85. The van der Waals surface area contributed by atoms with Crippen molar-refractivity contribution in [2.45, 2.75) is 18.8 Å². The minimum Gasteiger partial charge on any atom is -0.494 e. The van der Waals surface area contributed by atoms with Crippen molar-refractivity contribution in [1.82, 2.24) is 10.2 Å². The van der Waals surface area contributed by atoms with E-state index in [0.717, 1.165) is 5.75 Å². The highest BCUT2D eigenvalue weighted by molar-refractivity contribution is 6.13. The quantitative estimate of drug-likeness (QED) is 0.193. The van der Waals surface area contributed by atoms with Gasteiger partial charge in [0.05, 0.1) is 6.61 Å². The summed E-state index contributed by atoms with van der Waals surface area (Å²) in [6.45, 7) is 1.54. The third-order valence-corrected chi connectivity index (χ3v) is 6.25. The van der Waals surface area contributed by atoms with Crippen molar-refractivity contribution in [3.63, 3.8) is 0 Å². The van der Waals surface area contributed by atoms with E-state index < -0.39 is 0 Å². The first-order valence-electron chi connectivity index (χ1n) is 12.3. The molecule has 0 bridgehead atoms. The van der Waals surface area contributed by atoms with Crippen LogP contribution in [0.4, 0.5) is 11.4 Å². The molecule has 0 saturated heterocycles. The first-order chi connectivity index (χ1) is 17.4. The molecule has 3 rings (SSSR count). The molecule has 0 fully saturated rings. The van der Waals surface area contributed by atoms with Crippen LogP contribution in [0.3, 0.4) is 0 Å². The van der Waals surface area contributed by atoms with Crippen molar-refractivity contribution in [3.05, 3.63) is 89.5 Å². The largest absolute Gasteiger partial charge is 0.494 e. The van der Waals surface area contributed by atoms with Gasteiger partial charge in [-0.1, -0.05) is 36.4 Å². The maximum atomic E-state index is 11.8. The highest BCUT2D eigenvalue weighted by atomic mass is 35.5. The number of carbonyl (C=O) groups is 1. The molecule has 3 aromatic carbocycles. The summed E-state index contributed by atoms with van der Waals surface area (Å²) in [7, 11) is 8.21. The fraction of sp³-hybridized carbons (Fsp3) is 0.345. The molecule has 0 saturated carbocycles. The van der Waals surface area contributed by atoms with Crippen molar-refractivity contribution < 1.29 is 9.53 Å². The molecule has 0 aromatic heterocycles. The van der Waals surface area contributed by atoms with Gasteiger partial charge in [-0.15, -0.1) is 0 Å². The number of carbonyl (C=O) groups excluding carboxylic acids is 1. The topological polar surface area (TPSA) is 56.8 Å². The van der Waals surface area contributed by atoms with Gasteiger partial charge in [0.1, 0.15) is 5.75 Å². The van der Waals surface area contributed by atoms with Crippen LogP contribution >= 0.6 is 11.8 Å². The predicted octanol–water partition coefficient (Wildman–Crippen LogP) is 5.02. The number of anilines is 2. The summed E-state index contributed by atoms with van der Waals surface area (Å²) in [5.41, 5.74) is 6.02. The standard InChI is InChI=1S/C29H37ClN4O2/c1-33(2)25-13-7-22(8-14-25)29(23-9-15-26(16-10-23)34(3)4)24-11-17-27(18-12-24)36-21-5-6-28(35)31-19-20-32-30/h7-18,29,32H,5-6,19-21H2,1-4H3,(H,31,35). The second kappa shape index (κ2) is 13.8. The monoisotopic (exact) mass is 508 g/mol. The second-order valence-electron chi connectivity index (χ2n) is 9.16. The van der Waals surface area contributed by atoms with Gasteiger partial charge in [-0.25, -0.2) is 4.84 Å². The number of amides is 1. The molecular formula is C29H37ClN4O2. The summed E-state index contributed by atoms with van der Waals surface area (Å²) in [4.78, 5) is 18.5. The first-order valence-corrected chi connectivity index (χ1v) is 12.6. The van der Waals surface area contributed by atoms with Gasteiger partial charge in [-0.3, -0.25) is 4.79 Å². The van der Waals surface area contributed by atoms with E-state index in [2.05, 4.69) is 109 Å². The summed E-state index contributed by atoms with van der Waals surface area (Å²) >= 11 is 5.39. The van der Waals surface area contributed by atoms with Crippen LogP contribution in [0.2, 0.25) is 0 Å². The number of ether oxygens (including phenoxy) is 1. The van der Waals surface area contributed by atoms with E-state index in [1.807, 2.05) is 12.1 Å². The van der Waals surface area contributed by atoms with E-state index in [-0.39, 0.29) is 11.8 Å². The SMILES string of the molecule is CN(C)c1ccc(C(c2ccc(OCCCC(=O)NCCNCl)cc2)c2ccc(N(C)C)cc2)cc1. The lowest BCUT2D eigenvalue weighted by Crippen LogP contribution is -2.29. The van der Waals surface area contributed by atoms with Gasteiger partial charge >= 0.3 is 0 Å². The molecule has 0 aliphatic heterocycles. The summed E-state index contributed by atoms with van der Waals surface area (Å²) < 4.78 is 5.89. The fourth-order valence-corrected chi connectivity index (χ4v) is 4.12. The lowest BCUT2D eigenvalue weighted by Gasteiger charge is -2.22. The molecule has 6 nitrogen and oxygen atoms in total. The summed E-state index contributed by atoms with van der Waals surface area (Å²) in [5, 5.41) is 2.81. The van der Waals surface area contributed by atoms with E-state index in [1.165, 1.54) is 28.1 Å². The minimum absolute atomic E-state index is 0.00396. The molecule has 0 heterocycles. The maximum Gasteiger partial charge on any atom is 0.220 e. The van der Waals surface area contributed by atoms with Crippen LogP contribution in [0.1, 0.15) is 35.4 Å². The Bertz CT molecular complexity index is 1020. The van der Waals surface area contributed by atoms with Crippen molar-refractivity contribution in [2.75, 3.05) is 57.7 Å². The number of rotatable bonds is 13. The van der Waals surface area contributed by atoms with Crippen molar-refractivity contribution in [1.29, 1.82) is 0 Å². The van der Waals surface area contributed by atoms with Crippen molar-refractivity contribution in [2.24, 2.45) is 0 Å². The van der Waals surface area contributed by atoms with Crippen LogP contribution in [0.5, 0.6) is 5.75 Å². The van der Waals surface area contributed by atoms with Crippen LogP contribution in [0.25, 0.3) is 0 Å². The van der Waals surface area contributed by atoms with Crippen LogP contribution in [-0.4, -0.2) is 53.8 Å². The van der Waals surface area contributed by atoms with Crippen LogP contribution < -0.4 is 24.7 Å². The zero-order valence-corrected chi connectivity index (χ0v) is 22.4. The van der Waals surface area contributed by atoms with Crippen molar-refractivity contribution in [3.8, 4) is 5.75 Å². The molecule has 1 amide bonds. The number of hydrogen-bond acceptors (Lipinski definition) is 5. The first kappa shape index (κ1) is 27.4. The van der Waals surface area contributed by atoms with Gasteiger partial charge < -0.3 is 19.9 Å². The molecular weight excluding hydrogens is 472 g/mol. The molecule has 0 atom stereocenters. The Hall–Kier alpha value is -3.22. The summed E-state index contributed by atoms with van der Waals surface area (Å²) in [6, 6.07) is 25.8. The van der Waals surface area contributed by atoms with Gasteiger partial charge in [0.25, 0.3) is 0 Å². The smallest absolute Gasteiger partial charge is 0.220 e. The predicted molar refractivity (Wildman–Crippen MR) is 151 cm³/mol. The third-order valence-electron chi connectivity index (χ3n) is 6.06. The highest BCUT2D eigenvalue weighted by Gasteiger charge is 2.17. The van der Waals surface area contributed by atoms with Gasteiger partial charge in [-0.2, -0.15) is 0 Å². The van der Waals surface area contributed by atoms with Gasteiger partial charge in [0.15, 0.2) is 0 Å². The average Bonchev–Trinajstić information content (AvgIpc) is 2.88. The number of hydrogen-bond donors (Lipinski definition) is 2. The number of benzene rings is 3. The summed E-state index contributed by atoms with van der Waals surface area (Å²) in [6.07, 6.45) is 1.08. The van der Waals surface area contributed by atoms with E-state index in [0.29, 0.717) is 32.5 Å². The second-order valence-corrected chi connectivity index (χ2v) is 9.43. The lowest BCUT2D eigenvalue weighted by molar-refractivity contribution is -0.121. The zero-order valence-electron chi connectivity index (χ0n) is 21.6. The molecule has 0 spiro atoms. The zero-order chi connectivity index (χ0) is 25.9. The molecule has 36 heavy (non-hydrogen) atoms. The Morgan fingerprint density at radius 2 is 1.25 bits per heavy atom. The van der Waals surface area contributed by atoms with Crippen molar-refractivity contribution >= 4 is 29.1 Å². The van der Waals surface area contributed by atoms with E-state index in [9.17, 15) is 4.79 Å². The highest BCUT2D eigenvalue weighted by Crippen LogP contribution is 2.34. The van der Waals surface area contributed by atoms with Gasteiger partial charge in [-0.05, 0) is 71.3 Å². The number of halogens is 1. The maximum absolute atomic E-state index is 11.8. The van der Waals surface area contributed by atoms with Gasteiger partial charge in [0.2, 0.25) is 5.91 Å². The molecule has 0 radical (unpaired) electrons. The Balaban J connectivity index is 1.71. The van der Waals surface area contributed by atoms with Crippen LogP contribution in [-0.2, 0) is 4.79 Å². The molecule has 192 valence electrons. The van der Waals surface area contributed by atoms with Gasteiger partial charge in [0, 0.05) is 65.0 Å². The molecule has 3 aromatic rings. The molecule has 0 unspecified atom stereocenters. The van der Waals surface area contributed by atoms with Crippen LogP contribution in [0.15, 0.2) is 72.8 Å². The summed E-state index contributed by atoms with van der Waals surface area (Å²) in [5.74, 6) is 0.914. The van der Waals surface area contributed by atoms with E-state index in [1.54, 1.807) is 0 Å². The van der Waals surface area contributed by atoms with E-state index >= 15 is 0 Å². The Morgan fingerprint density at radius 3 is 1.69 bits per heavy atom. The molecule has 7 heteroatoms. The van der Waals surface area contributed by atoms with E-state index in [4.69, 9.17) is 16.5 Å². The Morgan fingerprint density at radius 1 is 0.778 bits per heavy atom. The molecule has 0 aliphatic rings. The third kappa shape index (κ3) is 7.90. The normalized spacial score (nSPS) is 10.8. The minimum atomic E-state index is 0.00396. The molecule has 0 aliphatic carbocycles. The fourth-order valence-electron chi connectivity index (χ4n) is 4.02. The Labute approximate surface area is 220 Å². The number of nitrogens with one attached hydrogen (secondary N) is 2. The molecule has 2 N–H and O–H groups in total. The average molecular weight is 509 g/mol.